The fourth-order valence-electron chi connectivity index (χ4n) is 16.5. The van der Waals surface area contributed by atoms with Crippen molar-refractivity contribution in [2.45, 2.75) is 243 Å². The van der Waals surface area contributed by atoms with Crippen molar-refractivity contribution in [1.29, 1.82) is 0 Å². The molecule has 8 rings (SSSR count). The molecule has 4 saturated carbocycles. The van der Waals surface area contributed by atoms with Gasteiger partial charge in [0.2, 0.25) is 5.60 Å². The molecule has 0 amide bonds. The van der Waals surface area contributed by atoms with E-state index < -0.39 is 204 Å². The van der Waals surface area contributed by atoms with E-state index in [0.717, 1.165) is 19.4 Å². The maximum atomic E-state index is 14.1. The average Bonchev–Trinajstić information content (AvgIpc) is 3.38. The second kappa shape index (κ2) is 22.7. The van der Waals surface area contributed by atoms with Crippen molar-refractivity contribution in [3.63, 3.8) is 0 Å². The van der Waals surface area contributed by atoms with E-state index in [1.165, 1.54) is 6.92 Å². The van der Waals surface area contributed by atoms with Gasteiger partial charge >= 0.3 is 23.9 Å². The molecule has 3 saturated heterocycles. The van der Waals surface area contributed by atoms with E-state index in [1.54, 1.807) is 6.92 Å². The molecule has 0 aromatic heterocycles. The normalized spacial score (nSPS) is 49.0. The maximum Gasteiger partial charge on any atom is 0.350 e. The number of aliphatic hydroxyl groups is 11. The zero-order valence-corrected chi connectivity index (χ0v) is 48.0. The maximum absolute atomic E-state index is 14.1. The van der Waals surface area contributed by atoms with Crippen LogP contribution in [0.1, 0.15) is 121 Å². The molecule has 12 N–H and O–H groups in total. The molecule has 81 heavy (non-hydrogen) atoms. The van der Waals surface area contributed by atoms with Gasteiger partial charge in [0, 0.05) is 24.7 Å². The smallest absolute Gasteiger partial charge is 0.350 e. The number of hydrogen-bond acceptors (Lipinski definition) is 24. The van der Waals surface area contributed by atoms with Gasteiger partial charge in [-0.25, -0.2) is 9.59 Å². The van der Waals surface area contributed by atoms with Gasteiger partial charge in [0.1, 0.15) is 67.1 Å². The summed E-state index contributed by atoms with van der Waals surface area (Å²) in [6.45, 7) is 17.1. The highest BCUT2D eigenvalue weighted by molar-refractivity contribution is 5.82. The molecule has 3 aliphatic heterocycles. The molecule has 0 bridgehead atoms. The van der Waals surface area contributed by atoms with Crippen LogP contribution in [0.15, 0.2) is 11.6 Å². The Morgan fingerprint density at radius 1 is 0.704 bits per heavy atom. The summed E-state index contributed by atoms with van der Waals surface area (Å²) in [6, 6.07) is 0. The van der Waals surface area contributed by atoms with Crippen LogP contribution in [-0.2, 0) is 61.8 Å². The van der Waals surface area contributed by atoms with E-state index in [2.05, 4.69) is 19.9 Å². The number of esters is 3. The van der Waals surface area contributed by atoms with E-state index in [9.17, 15) is 80.5 Å². The molecule has 8 aliphatic rings. The summed E-state index contributed by atoms with van der Waals surface area (Å²) in [5.41, 5.74) is -7.04. The average molecular weight is 1160 g/mol. The van der Waals surface area contributed by atoms with Crippen LogP contribution in [0.4, 0.5) is 0 Å². The first-order valence-electron chi connectivity index (χ1n) is 28.3. The van der Waals surface area contributed by atoms with Crippen LogP contribution in [0.25, 0.3) is 0 Å². The Hall–Kier alpha value is -3.06. The summed E-state index contributed by atoms with van der Waals surface area (Å²) in [5, 5.41) is 134. The molecular weight excluding hydrogens is 1070 g/mol. The second-order valence-electron chi connectivity index (χ2n) is 26.5. The van der Waals surface area contributed by atoms with E-state index >= 15 is 0 Å². The van der Waals surface area contributed by atoms with Crippen molar-refractivity contribution in [1.82, 2.24) is 0 Å². The zero-order valence-electron chi connectivity index (χ0n) is 48.0. The third-order valence-electron chi connectivity index (χ3n) is 21.3. The molecule has 5 aliphatic carbocycles. The van der Waals surface area contributed by atoms with Crippen LogP contribution in [0, 0.1) is 50.2 Å². The lowest BCUT2D eigenvalue weighted by Crippen LogP contribution is -2.76. The Bertz CT molecular complexity index is 2370. The number of aliphatic carboxylic acids is 1. The molecular formula is C56H88O25. The van der Waals surface area contributed by atoms with Gasteiger partial charge in [-0.15, -0.1) is 0 Å². The minimum absolute atomic E-state index is 0.0397. The minimum atomic E-state index is -2.14. The molecule has 1 unspecified atom stereocenters. The van der Waals surface area contributed by atoms with Gasteiger partial charge in [0.05, 0.1) is 43.5 Å². The number of carboxylic acids is 1. The summed E-state index contributed by atoms with van der Waals surface area (Å²) in [4.78, 5) is 52.2. The van der Waals surface area contributed by atoms with Gasteiger partial charge in [-0.1, -0.05) is 67.0 Å². The highest BCUT2D eigenvalue weighted by Gasteiger charge is 2.76. The van der Waals surface area contributed by atoms with Crippen molar-refractivity contribution < 1.29 is 123 Å². The summed E-state index contributed by atoms with van der Waals surface area (Å²) in [6.07, 6.45) is -28.3. The van der Waals surface area contributed by atoms with Crippen molar-refractivity contribution in [3.05, 3.63) is 11.6 Å². The van der Waals surface area contributed by atoms with Crippen LogP contribution < -0.4 is 0 Å². The Labute approximate surface area is 470 Å². The van der Waals surface area contributed by atoms with Crippen LogP contribution >= 0.6 is 0 Å². The van der Waals surface area contributed by atoms with Gasteiger partial charge in [-0.3, -0.25) is 9.59 Å². The van der Waals surface area contributed by atoms with Crippen LogP contribution in [0.3, 0.4) is 0 Å². The molecule has 0 aromatic carbocycles. The van der Waals surface area contributed by atoms with Gasteiger partial charge < -0.3 is 104 Å². The molecule has 25 nitrogen and oxygen atoms in total. The van der Waals surface area contributed by atoms with Crippen LogP contribution in [0.5, 0.6) is 0 Å². The van der Waals surface area contributed by atoms with Gasteiger partial charge in [0.25, 0.3) is 0 Å². The molecule has 462 valence electrons. The summed E-state index contributed by atoms with van der Waals surface area (Å²) in [5.74, 6) is -5.18. The second-order valence-corrected chi connectivity index (χ2v) is 26.5. The summed E-state index contributed by atoms with van der Waals surface area (Å²) < 4.78 is 54.1. The quantitative estimate of drug-likeness (QED) is 0.0433. The van der Waals surface area contributed by atoms with Crippen LogP contribution in [0.2, 0.25) is 0 Å². The Morgan fingerprint density at radius 3 is 1.94 bits per heavy atom. The van der Waals surface area contributed by atoms with E-state index in [0.29, 0.717) is 32.1 Å². The number of carbonyl (C=O) groups excluding carboxylic acids is 3. The predicted molar refractivity (Wildman–Crippen MR) is 274 cm³/mol. The molecule has 0 radical (unpaired) electrons. The number of ether oxygens (including phenoxy) is 9. The largest absolute Gasteiger partial charge is 0.479 e. The van der Waals surface area contributed by atoms with Gasteiger partial charge in [-0.05, 0) is 85.9 Å². The number of carboxylic acid groups (broad SMARTS) is 1. The lowest BCUT2D eigenvalue weighted by atomic mass is 9.32. The number of aliphatic hydroxyl groups excluding tert-OH is 11. The number of fused-ring (bicyclic) bond motifs is 7. The first-order valence-corrected chi connectivity index (χ1v) is 28.3. The third-order valence-corrected chi connectivity index (χ3v) is 21.3. The predicted octanol–water partition coefficient (Wildman–Crippen LogP) is -0.918. The van der Waals surface area contributed by atoms with E-state index in [-0.39, 0.29) is 24.7 Å². The Morgan fingerprint density at radius 2 is 1.35 bits per heavy atom. The van der Waals surface area contributed by atoms with E-state index in [1.807, 2.05) is 34.6 Å². The monoisotopic (exact) mass is 1160 g/mol. The molecule has 7 fully saturated rings. The summed E-state index contributed by atoms with van der Waals surface area (Å²) in [7, 11) is 0. The molecule has 3 heterocycles. The fourth-order valence-corrected chi connectivity index (χ4v) is 16.5. The lowest BCUT2D eigenvalue weighted by Gasteiger charge is -2.73. The standard InChI is InChI=1S/C56H88O25/c1-12-54(10,81-24(3)60)49(72)80-43-44(74-23(2)59)56(22-58)26(19-50(43,4)5)25-13-14-30-52(8)17-16-31(51(6,7)29(52)15-18-53(30,9)55(25,11)41(68)42(56)69)76-48-40(79-47-36(66)34(64)33(63)28(20-57)75-47)38(37(67)39(78-48)45(70)71)77-46-35(65)32(62)27(61)21-73-46/h13,26-44,46-48,57-58,61-69H,12,14-22H2,1-11H3,(H,70,71)/t26-,27-,28+,29-,30+,31-,32-,33+,34-,35+,36+,37-,38-,39-,40+,41-,42+,43-,44-,46-,47-,48+,52-,53+,54?,55-,56-/m0/s1. The molecule has 27 atom stereocenters. The Kier molecular flexibility index (Phi) is 17.9. The van der Waals surface area contributed by atoms with Crippen LogP contribution in [-0.4, -0.2) is 227 Å². The van der Waals surface area contributed by atoms with Gasteiger partial charge in [0.15, 0.2) is 31.1 Å². The van der Waals surface area contributed by atoms with Crippen molar-refractivity contribution in [2.24, 2.45) is 50.2 Å². The molecule has 0 spiro atoms. The highest BCUT2D eigenvalue weighted by Crippen LogP contribution is 2.76. The minimum Gasteiger partial charge on any atom is -0.479 e. The highest BCUT2D eigenvalue weighted by atomic mass is 16.8. The van der Waals surface area contributed by atoms with Crippen molar-refractivity contribution in [2.75, 3.05) is 19.8 Å². The fraction of sp³-hybridized carbons (Fsp3) is 0.893. The van der Waals surface area contributed by atoms with E-state index in [4.69, 9.17) is 42.6 Å². The van der Waals surface area contributed by atoms with Crippen molar-refractivity contribution >= 4 is 23.9 Å². The first-order chi connectivity index (χ1) is 37.6. The topological polar surface area (TPSA) is 394 Å². The zero-order chi connectivity index (χ0) is 60.2. The van der Waals surface area contributed by atoms with Crippen molar-refractivity contribution in [3.8, 4) is 0 Å². The number of hydrogen-bond donors (Lipinski definition) is 12. The number of rotatable bonds is 14. The third kappa shape index (κ3) is 10.2. The lowest BCUT2D eigenvalue weighted by molar-refractivity contribution is -0.392. The van der Waals surface area contributed by atoms with Gasteiger partial charge in [-0.2, -0.15) is 0 Å². The molecule has 0 aromatic rings. The number of carbonyl (C=O) groups is 4. The number of allylic oxidation sites excluding steroid dienone is 1. The SMILES string of the molecule is CCC(C)(OC(C)=O)C(=O)O[C@H]1[C@H](OC(C)=O)[C@]2(CO)[C@H](O)[C@H](O)[C@]3(C)C(=CC[C@@H]4[C@@]5(C)CC[C@H](O[C@@H]6O[C@H](C(=O)O)[C@@H](O)[C@H](O[C@@H]7OC[C@H](O)[C@H](O)[C@H]7O)[C@H]6O[C@@H]6O[C@H](CO)[C@@H](O)[C@H](O)[C@H]6O)C(C)(C)[C@@H]5CC[C@]43C)[C@@H]2CC1(C)C. The molecule has 25 heteroatoms. The summed E-state index contributed by atoms with van der Waals surface area (Å²) >= 11 is 0. The Balaban J connectivity index is 1.13. The first kappa shape index (κ1) is 63.9.